The molecule has 1 heterocycles. The number of halogens is 1. The van der Waals surface area contributed by atoms with Crippen molar-refractivity contribution in [2.45, 2.75) is 6.54 Å². The summed E-state index contributed by atoms with van der Waals surface area (Å²) in [6.45, 7) is 4.16. The third kappa shape index (κ3) is 4.55. The third-order valence-electron chi connectivity index (χ3n) is 3.38. The van der Waals surface area contributed by atoms with E-state index in [0.717, 1.165) is 48.8 Å². The first-order valence-electron chi connectivity index (χ1n) is 6.78. The number of hydrogen-bond donors (Lipinski definition) is 1. The molecule has 6 heteroatoms. The second-order valence-electron chi connectivity index (χ2n) is 4.78. The van der Waals surface area contributed by atoms with Crippen LogP contribution in [-0.2, 0) is 22.1 Å². The van der Waals surface area contributed by atoms with Crippen molar-refractivity contribution in [1.29, 1.82) is 0 Å². The summed E-state index contributed by atoms with van der Waals surface area (Å²) < 4.78 is 17.5. The van der Waals surface area contributed by atoms with Crippen molar-refractivity contribution in [3.8, 4) is 0 Å². The molecule has 20 heavy (non-hydrogen) atoms. The van der Waals surface area contributed by atoms with E-state index in [1.165, 1.54) is 11.3 Å². The fourth-order valence-electron chi connectivity index (χ4n) is 2.17. The van der Waals surface area contributed by atoms with Gasteiger partial charge >= 0.3 is 0 Å². The van der Waals surface area contributed by atoms with Gasteiger partial charge in [0.25, 0.3) is 0 Å². The van der Waals surface area contributed by atoms with Crippen LogP contribution < -0.4 is 10.2 Å². The quantitative estimate of drug-likeness (QED) is 0.784. The first kappa shape index (κ1) is 15.9. The second kappa shape index (κ2) is 8.12. The lowest BCUT2D eigenvalue weighted by molar-refractivity contribution is 0.199. The number of rotatable bonds is 6. The van der Waals surface area contributed by atoms with E-state index in [1.54, 1.807) is 7.11 Å². The molecule has 1 aromatic carbocycles. The maximum absolute atomic E-state index is 11.4. The van der Waals surface area contributed by atoms with Crippen LogP contribution in [0.3, 0.4) is 0 Å². The first-order chi connectivity index (χ1) is 9.70. The van der Waals surface area contributed by atoms with Gasteiger partial charge in [0.05, 0.1) is 6.61 Å². The van der Waals surface area contributed by atoms with Crippen LogP contribution in [0.25, 0.3) is 0 Å². The van der Waals surface area contributed by atoms with Crippen molar-refractivity contribution in [2.75, 3.05) is 49.8 Å². The highest BCUT2D eigenvalue weighted by molar-refractivity contribution is 9.10. The number of benzene rings is 1. The number of hydrogen-bond acceptors (Lipinski definition) is 4. The van der Waals surface area contributed by atoms with Gasteiger partial charge in [-0.3, -0.25) is 4.21 Å². The first-order valence-corrected chi connectivity index (χ1v) is 9.07. The van der Waals surface area contributed by atoms with Gasteiger partial charge in [-0.15, -0.1) is 0 Å². The molecular weight excluding hydrogens is 340 g/mol. The summed E-state index contributed by atoms with van der Waals surface area (Å²) in [5.74, 6) is 1.55. The van der Waals surface area contributed by atoms with Crippen molar-refractivity contribution in [3.05, 3.63) is 28.2 Å². The molecule has 0 radical (unpaired) electrons. The van der Waals surface area contributed by atoms with Crippen molar-refractivity contribution in [3.63, 3.8) is 0 Å². The van der Waals surface area contributed by atoms with Crippen LogP contribution in [0, 0.1) is 0 Å². The lowest BCUT2D eigenvalue weighted by Crippen LogP contribution is -2.37. The molecule has 0 saturated carbocycles. The molecule has 1 aromatic rings. The fraction of sp³-hybridized carbons (Fsp3) is 0.571. The zero-order valence-electron chi connectivity index (χ0n) is 11.7. The van der Waals surface area contributed by atoms with Gasteiger partial charge in [0, 0.05) is 65.8 Å². The maximum atomic E-state index is 11.4. The normalized spacial score (nSPS) is 16.6. The van der Waals surface area contributed by atoms with E-state index in [0.29, 0.717) is 0 Å². The number of ether oxygens (including phenoxy) is 1. The summed E-state index contributed by atoms with van der Waals surface area (Å²) in [6.07, 6.45) is 0. The van der Waals surface area contributed by atoms with Gasteiger partial charge < -0.3 is 15.0 Å². The smallest absolute Gasteiger partial charge is 0.0587 e. The summed E-state index contributed by atoms with van der Waals surface area (Å²) >= 11 is 3.64. The Morgan fingerprint density at radius 2 is 2.15 bits per heavy atom. The SMILES string of the molecule is COCCNCc1ccc(N2CCS(=O)CC2)cc1Br. The van der Waals surface area contributed by atoms with Crippen LogP contribution in [0.2, 0.25) is 0 Å². The summed E-state index contributed by atoms with van der Waals surface area (Å²) in [7, 11) is 1.08. The molecule has 0 atom stereocenters. The topological polar surface area (TPSA) is 41.6 Å². The molecule has 1 saturated heterocycles. The second-order valence-corrected chi connectivity index (χ2v) is 7.33. The van der Waals surface area contributed by atoms with Crippen molar-refractivity contribution in [2.24, 2.45) is 0 Å². The Balaban J connectivity index is 1.93. The molecule has 1 fully saturated rings. The summed E-state index contributed by atoms with van der Waals surface area (Å²) in [4.78, 5) is 2.30. The lowest BCUT2D eigenvalue weighted by Gasteiger charge is -2.28. The molecule has 2 rings (SSSR count). The van der Waals surface area contributed by atoms with E-state index in [2.05, 4.69) is 44.3 Å². The zero-order chi connectivity index (χ0) is 14.4. The van der Waals surface area contributed by atoms with E-state index in [4.69, 9.17) is 4.74 Å². The van der Waals surface area contributed by atoms with Crippen LogP contribution in [0.15, 0.2) is 22.7 Å². The Morgan fingerprint density at radius 3 is 2.80 bits per heavy atom. The summed E-state index contributed by atoms with van der Waals surface area (Å²) in [5.41, 5.74) is 2.44. The molecular formula is C14H21BrN2O2S. The van der Waals surface area contributed by atoms with Crippen LogP contribution >= 0.6 is 15.9 Å². The van der Waals surface area contributed by atoms with E-state index in [-0.39, 0.29) is 0 Å². The van der Waals surface area contributed by atoms with Gasteiger partial charge in [-0.2, -0.15) is 0 Å². The van der Waals surface area contributed by atoms with Crippen LogP contribution in [0.4, 0.5) is 5.69 Å². The van der Waals surface area contributed by atoms with Gasteiger partial charge in [0.2, 0.25) is 0 Å². The minimum absolute atomic E-state index is 0.626. The molecule has 1 N–H and O–H groups in total. The zero-order valence-corrected chi connectivity index (χ0v) is 14.1. The molecule has 0 aliphatic carbocycles. The maximum Gasteiger partial charge on any atom is 0.0587 e. The summed E-state index contributed by atoms with van der Waals surface area (Å²) in [6, 6.07) is 6.44. The minimum atomic E-state index is -0.626. The molecule has 4 nitrogen and oxygen atoms in total. The highest BCUT2D eigenvalue weighted by Gasteiger charge is 2.16. The Bertz CT molecular complexity index is 460. The van der Waals surface area contributed by atoms with E-state index < -0.39 is 10.8 Å². The van der Waals surface area contributed by atoms with Crippen molar-refractivity contribution in [1.82, 2.24) is 5.32 Å². The van der Waals surface area contributed by atoms with E-state index in [1.807, 2.05) is 0 Å². The standard InChI is InChI=1S/C14H21BrN2O2S/c1-19-7-4-16-11-12-2-3-13(10-14(12)15)17-5-8-20(18)9-6-17/h2-3,10,16H,4-9,11H2,1H3. The van der Waals surface area contributed by atoms with Crippen LogP contribution in [-0.4, -0.2) is 49.1 Å². The number of anilines is 1. The average Bonchev–Trinajstić information content (AvgIpc) is 2.46. The van der Waals surface area contributed by atoms with Gasteiger partial charge in [-0.25, -0.2) is 0 Å². The number of nitrogens with one attached hydrogen (secondary N) is 1. The Hall–Kier alpha value is -0.430. The molecule has 0 amide bonds. The fourth-order valence-corrected chi connectivity index (χ4v) is 3.73. The predicted octanol–water partition coefficient (Wildman–Crippen LogP) is 1.75. The Labute approximate surface area is 131 Å². The van der Waals surface area contributed by atoms with Crippen molar-refractivity contribution >= 4 is 32.4 Å². The average molecular weight is 361 g/mol. The van der Waals surface area contributed by atoms with Gasteiger partial charge in [-0.1, -0.05) is 22.0 Å². The summed E-state index contributed by atoms with van der Waals surface area (Å²) in [5, 5.41) is 3.34. The molecule has 0 unspecified atom stereocenters. The lowest BCUT2D eigenvalue weighted by atomic mass is 10.2. The molecule has 1 aliphatic rings. The van der Waals surface area contributed by atoms with Gasteiger partial charge in [0.15, 0.2) is 0 Å². The Kier molecular flexibility index (Phi) is 6.48. The molecule has 1 aliphatic heterocycles. The minimum Gasteiger partial charge on any atom is -0.383 e. The predicted molar refractivity (Wildman–Crippen MR) is 87.8 cm³/mol. The third-order valence-corrected chi connectivity index (χ3v) is 5.39. The highest BCUT2D eigenvalue weighted by Crippen LogP contribution is 2.25. The molecule has 112 valence electrons. The number of nitrogens with zero attached hydrogens (tertiary/aromatic N) is 1. The Morgan fingerprint density at radius 1 is 1.40 bits per heavy atom. The largest absolute Gasteiger partial charge is 0.383 e. The van der Waals surface area contributed by atoms with Crippen LogP contribution in [0.5, 0.6) is 0 Å². The monoisotopic (exact) mass is 360 g/mol. The van der Waals surface area contributed by atoms with Gasteiger partial charge in [0.1, 0.15) is 0 Å². The van der Waals surface area contributed by atoms with Gasteiger partial charge in [-0.05, 0) is 17.7 Å². The van der Waals surface area contributed by atoms with Crippen LogP contribution in [0.1, 0.15) is 5.56 Å². The van der Waals surface area contributed by atoms with E-state index in [9.17, 15) is 4.21 Å². The molecule has 0 spiro atoms. The molecule has 0 aromatic heterocycles. The van der Waals surface area contributed by atoms with Crippen molar-refractivity contribution < 1.29 is 8.95 Å². The molecule has 0 bridgehead atoms. The highest BCUT2D eigenvalue weighted by atomic mass is 79.9. The number of methoxy groups -OCH3 is 1. The van der Waals surface area contributed by atoms with E-state index >= 15 is 0 Å².